The fraction of sp³-hybridized carbons (Fsp3) is 0.357. The number of nitrogens with one attached hydrogen (secondary N) is 1. The molecule has 0 fully saturated rings. The van der Waals surface area contributed by atoms with Crippen molar-refractivity contribution in [3.8, 4) is 0 Å². The number of aryl methyl sites for hydroxylation is 1. The van der Waals surface area contributed by atoms with E-state index in [0.717, 1.165) is 24.4 Å². The van der Waals surface area contributed by atoms with Crippen LogP contribution in [0.15, 0.2) is 36.9 Å². The second kappa shape index (κ2) is 6.21. The number of rotatable bonds is 5. The van der Waals surface area contributed by atoms with Gasteiger partial charge in [-0.25, -0.2) is 0 Å². The molecule has 0 spiro atoms. The van der Waals surface area contributed by atoms with E-state index >= 15 is 0 Å². The van der Waals surface area contributed by atoms with Crippen LogP contribution >= 0.6 is 0 Å². The molecular weight excluding hydrogens is 224 g/mol. The number of hydrogen-bond donors (Lipinski definition) is 1. The van der Waals surface area contributed by atoms with Gasteiger partial charge in [-0.3, -0.25) is 15.0 Å². The fourth-order valence-electron chi connectivity index (χ4n) is 1.86. The Morgan fingerprint density at radius 1 is 1.22 bits per heavy atom. The Labute approximate surface area is 108 Å². The van der Waals surface area contributed by atoms with E-state index < -0.39 is 0 Å². The number of nitrogens with zero attached hydrogens (tertiary/aromatic N) is 3. The van der Waals surface area contributed by atoms with Gasteiger partial charge in [-0.1, -0.05) is 13.0 Å². The molecule has 2 heterocycles. The van der Waals surface area contributed by atoms with Crippen molar-refractivity contribution >= 4 is 0 Å². The van der Waals surface area contributed by atoms with E-state index in [1.165, 1.54) is 5.56 Å². The summed E-state index contributed by atoms with van der Waals surface area (Å²) in [7, 11) is 0. The van der Waals surface area contributed by atoms with Gasteiger partial charge in [0.05, 0.1) is 23.6 Å². The molecule has 4 nitrogen and oxygen atoms in total. The van der Waals surface area contributed by atoms with Crippen molar-refractivity contribution in [2.45, 2.75) is 26.3 Å². The molecule has 0 aromatic carbocycles. The molecule has 2 aromatic heterocycles. The average molecular weight is 242 g/mol. The zero-order chi connectivity index (χ0) is 12.8. The van der Waals surface area contributed by atoms with Crippen LogP contribution in [0.2, 0.25) is 0 Å². The molecule has 0 aliphatic carbocycles. The first-order valence-electron chi connectivity index (χ1n) is 6.20. The summed E-state index contributed by atoms with van der Waals surface area (Å²) in [4.78, 5) is 12.9. The molecular formula is C14H18N4. The predicted octanol–water partition coefficient (Wildman–Crippen LogP) is 2.07. The third kappa shape index (κ3) is 3.34. The molecule has 94 valence electrons. The van der Waals surface area contributed by atoms with Crippen LogP contribution in [0.5, 0.6) is 0 Å². The minimum absolute atomic E-state index is 0.187. The normalized spacial score (nSPS) is 12.3. The maximum Gasteiger partial charge on any atom is 0.0759 e. The summed E-state index contributed by atoms with van der Waals surface area (Å²) >= 11 is 0. The molecule has 2 aromatic rings. The first-order chi connectivity index (χ1) is 8.79. The Hall–Kier alpha value is -1.81. The molecule has 1 unspecified atom stereocenters. The molecule has 1 N–H and O–H groups in total. The van der Waals surface area contributed by atoms with Gasteiger partial charge in [0.2, 0.25) is 0 Å². The average Bonchev–Trinajstić information content (AvgIpc) is 2.40. The number of hydrogen-bond acceptors (Lipinski definition) is 4. The Kier molecular flexibility index (Phi) is 4.36. The van der Waals surface area contributed by atoms with Crippen molar-refractivity contribution in [3.63, 3.8) is 0 Å². The van der Waals surface area contributed by atoms with Crippen molar-refractivity contribution < 1.29 is 0 Å². The summed E-state index contributed by atoms with van der Waals surface area (Å²) in [6.45, 7) is 4.94. The Morgan fingerprint density at radius 2 is 2.11 bits per heavy atom. The van der Waals surface area contributed by atoms with Gasteiger partial charge in [-0.2, -0.15) is 0 Å². The van der Waals surface area contributed by atoms with Gasteiger partial charge in [0.25, 0.3) is 0 Å². The van der Waals surface area contributed by atoms with E-state index in [1.807, 2.05) is 31.6 Å². The van der Waals surface area contributed by atoms with E-state index in [2.05, 4.69) is 33.3 Å². The molecule has 0 amide bonds. The van der Waals surface area contributed by atoms with Gasteiger partial charge in [0, 0.05) is 18.6 Å². The van der Waals surface area contributed by atoms with Gasteiger partial charge < -0.3 is 5.32 Å². The van der Waals surface area contributed by atoms with Crippen LogP contribution in [0.3, 0.4) is 0 Å². The van der Waals surface area contributed by atoms with Crippen molar-refractivity contribution in [3.05, 3.63) is 53.9 Å². The highest BCUT2D eigenvalue weighted by Gasteiger charge is 2.12. The Bertz CT molecular complexity index is 467. The van der Waals surface area contributed by atoms with Crippen molar-refractivity contribution in [1.82, 2.24) is 20.3 Å². The lowest BCUT2D eigenvalue weighted by Crippen LogP contribution is -2.24. The highest BCUT2D eigenvalue weighted by Crippen LogP contribution is 2.15. The fourth-order valence-corrected chi connectivity index (χ4v) is 1.86. The zero-order valence-corrected chi connectivity index (χ0v) is 10.8. The molecule has 0 aliphatic rings. The number of aromatic nitrogens is 3. The topological polar surface area (TPSA) is 50.7 Å². The van der Waals surface area contributed by atoms with Gasteiger partial charge in [0.15, 0.2) is 0 Å². The molecule has 0 saturated heterocycles. The lowest BCUT2D eigenvalue weighted by atomic mass is 10.1. The van der Waals surface area contributed by atoms with Crippen LogP contribution in [0.1, 0.15) is 29.9 Å². The molecule has 0 radical (unpaired) electrons. The van der Waals surface area contributed by atoms with Crippen LogP contribution < -0.4 is 5.32 Å². The van der Waals surface area contributed by atoms with E-state index in [1.54, 1.807) is 6.20 Å². The van der Waals surface area contributed by atoms with Gasteiger partial charge in [-0.15, -0.1) is 0 Å². The highest BCUT2D eigenvalue weighted by atomic mass is 14.9. The van der Waals surface area contributed by atoms with E-state index in [-0.39, 0.29) is 6.04 Å². The van der Waals surface area contributed by atoms with Crippen molar-refractivity contribution in [1.29, 1.82) is 0 Å². The standard InChI is InChI=1S/C14H18N4/c1-3-16-13(7-12-5-4-6-15-9-12)14-10-17-11(2)8-18-14/h4-6,8-10,13,16H,3,7H2,1-2H3. The molecule has 0 saturated carbocycles. The molecule has 2 rings (SSSR count). The summed E-state index contributed by atoms with van der Waals surface area (Å²) < 4.78 is 0. The first kappa shape index (κ1) is 12.6. The highest BCUT2D eigenvalue weighted by molar-refractivity contribution is 5.15. The summed E-state index contributed by atoms with van der Waals surface area (Å²) in [6.07, 6.45) is 8.21. The molecule has 1 atom stereocenters. The van der Waals surface area contributed by atoms with Crippen molar-refractivity contribution in [2.75, 3.05) is 6.54 Å². The second-order valence-corrected chi connectivity index (χ2v) is 4.26. The van der Waals surface area contributed by atoms with E-state index in [9.17, 15) is 0 Å². The summed E-state index contributed by atoms with van der Waals surface area (Å²) in [5, 5.41) is 3.44. The van der Waals surface area contributed by atoms with Crippen LogP contribution in [0.4, 0.5) is 0 Å². The second-order valence-electron chi connectivity index (χ2n) is 4.26. The monoisotopic (exact) mass is 242 g/mol. The quantitative estimate of drug-likeness (QED) is 0.872. The minimum Gasteiger partial charge on any atom is -0.309 e. The Balaban J connectivity index is 2.15. The maximum absolute atomic E-state index is 4.45. The molecule has 0 aliphatic heterocycles. The van der Waals surface area contributed by atoms with Crippen LogP contribution in [0.25, 0.3) is 0 Å². The number of likely N-dealkylation sites (N-methyl/N-ethyl adjacent to an activating group) is 1. The van der Waals surface area contributed by atoms with Crippen LogP contribution in [-0.2, 0) is 6.42 Å². The summed E-state index contributed by atoms with van der Waals surface area (Å²) in [5.41, 5.74) is 3.12. The summed E-state index contributed by atoms with van der Waals surface area (Å²) in [6, 6.07) is 4.23. The van der Waals surface area contributed by atoms with E-state index in [0.29, 0.717) is 0 Å². The lowest BCUT2D eigenvalue weighted by Gasteiger charge is -2.17. The predicted molar refractivity (Wildman–Crippen MR) is 71.1 cm³/mol. The third-order valence-electron chi connectivity index (χ3n) is 2.77. The lowest BCUT2D eigenvalue weighted by molar-refractivity contribution is 0.533. The Morgan fingerprint density at radius 3 is 2.72 bits per heavy atom. The SMILES string of the molecule is CCNC(Cc1cccnc1)c1cnc(C)cn1. The molecule has 4 heteroatoms. The zero-order valence-electron chi connectivity index (χ0n) is 10.8. The molecule has 0 bridgehead atoms. The summed E-state index contributed by atoms with van der Waals surface area (Å²) in [5.74, 6) is 0. The largest absolute Gasteiger partial charge is 0.309 e. The van der Waals surface area contributed by atoms with Gasteiger partial charge >= 0.3 is 0 Å². The maximum atomic E-state index is 4.45. The van der Waals surface area contributed by atoms with Crippen LogP contribution in [0, 0.1) is 6.92 Å². The van der Waals surface area contributed by atoms with Crippen molar-refractivity contribution in [2.24, 2.45) is 0 Å². The van der Waals surface area contributed by atoms with Gasteiger partial charge in [-0.05, 0) is 31.5 Å². The minimum atomic E-state index is 0.187. The number of pyridine rings is 1. The van der Waals surface area contributed by atoms with E-state index in [4.69, 9.17) is 0 Å². The third-order valence-corrected chi connectivity index (χ3v) is 2.77. The first-order valence-corrected chi connectivity index (χ1v) is 6.20. The van der Waals surface area contributed by atoms with Gasteiger partial charge in [0.1, 0.15) is 0 Å². The van der Waals surface area contributed by atoms with Crippen LogP contribution in [-0.4, -0.2) is 21.5 Å². The molecule has 18 heavy (non-hydrogen) atoms. The smallest absolute Gasteiger partial charge is 0.0759 e.